The van der Waals surface area contributed by atoms with E-state index in [0.717, 1.165) is 0 Å². The molecule has 0 fully saturated rings. The normalized spacial score (nSPS) is 10.9. The van der Waals surface area contributed by atoms with Gasteiger partial charge in [-0.15, -0.1) is 0 Å². The average molecular weight is 177 g/mol. The van der Waals surface area contributed by atoms with Crippen molar-refractivity contribution in [3.63, 3.8) is 0 Å². The largest absolute Gasteiger partial charge is 0.445 e. The molecule has 0 aliphatic rings. The molecule has 0 bridgehead atoms. The van der Waals surface area contributed by atoms with E-state index >= 15 is 0 Å². The van der Waals surface area contributed by atoms with E-state index in [0.29, 0.717) is 5.69 Å². The van der Waals surface area contributed by atoms with Gasteiger partial charge in [-0.3, -0.25) is 4.79 Å². The lowest BCUT2D eigenvalue weighted by Gasteiger charge is -1.86. The Balaban J connectivity index is 3.00. The maximum Gasteiger partial charge on any atom is 0.259 e. The Labute approximate surface area is 74.5 Å². The third-order valence-electron chi connectivity index (χ3n) is 1.29. The molecule has 0 radical (unpaired) electrons. The Morgan fingerprint density at radius 1 is 1.85 bits per heavy atom. The maximum atomic E-state index is 10.6. The summed E-state index contributed by atoms with van der Waals surface area (Å²) in [5.74, 6) is -0.591. The van der Waals surface area contributed by atoms with Crippen molar-refractivity contribution in [1.29, 1.82) is 5.26 Å². The van der Waals surface area contributed by atoms with E-state index in [1.54, 1.807) is 13.0 Å². The lowest BCUT2D eigenvalue weighted by Crippen LogP contribution is -2.12. The summed E-state index contributed by atoms with van der Waals surface area (Å²) in [6.45, 7) is 1.73. The van der Waals surface area contributed by atoms with Crippen LogP contribution in [-0.4, -0.2) is 10.9 Å². The van der Waals surface area contributed by atoms with Gasteiger partial charge in [0.25, 0.3) is 5.91 Å². The lowest BCUT2D eigenvalue weighted by atomic mass is 10.2. The van der Waals surface area contributed by atoms with Crippen LogP contribution in [-0.2, 0) is 4.79 Å². The van der Waals surface area contributed by atoms with Crippen molar-refractivity contribution in [1.82, 2.24) is 4.98 Å². The Morgan fingerprint density at radius 3 is 2.92 bits per heavy atom. The number of carbonyl (C=O) groups is 1. The van der Waals surface area contributed by atoms with Crippen molar-refractivity contribution in [3.8, 4) is 6.07 Å². The quantitative estimate of drug-likeness (QED) is 0.521. The summed E-state index contributed by atoms with van der Waals surface area (Å²) in [5.41, 5.74) is 5.40. The van der Waals surface area contributed by atoms with E-state index in [-0.39, 0.29) is 11.5 Å². The van der Waals surface area contributed by atoms with Crippen molar-refractivity contribution in [2.45, 2.75) is 6.92 Å². The maximum absolute atomic E-state index is 10.6. The zero-order valence-corrected chi connectivity index (χ0v) is 6.94. The first-order valence-electron chi connectivity index (χ1n) is 3.47. The molecule has 13 heavy (non-hydrogen) atoms. The van der Waals surface area contributed by atoms with Crippen LogP contribution < -0.4 is 5.73 Å². The molecule has 0 spiro atoms. The Morgan fingerprint density at radius 2 is 2.54 bits per heavy atom. The lowest BCUT2D eigenvalue weighted by molar-refractivity contribution is -0.114. The minimum absolute atomic E-state index is 0.179. The molecule has 0 aliphatic heterocycles. The number of carbonyl (C=O) groups excluding carboxylic acids is 1. The monoisotopic (exact) mass is 177 g/mol. The number of aryl methyl sites for hydroxylation is 1. The summed E-state index contributed by atoms with van der Waals surface area (Å²) in [7, 11) is 0. The average Bonchev–Trinajstić information content (AvgIpc) is 2.46. The molecule has 0 unspecified atom stereocenters. The second-order valence-electron chi connectivity index (χ2n) is 2.36. The molecule has 0 saturated carbocycles. The molecular formula is C8H7N3O2. The first-order chi connectivity index (χ1) is 6.13. The van der Waals surface area contributed by atoms with Gasteiger partial charge >= 0.3 is 0 Å². The van der Waals surface area contributed by atoms with Gasteiger partial charge in [-0.2, -0.15) is 5.26 Å². The molecule has 66 valence electrons. The highest BCUT2D eigenvalue weighted by Gasteiger charge is 2.05. The summed E-state index contributed by atoms with van der Waals surface area (Å²) in [6, 6.07) is 1.65. The SMILES string of the molecule is Cc1coc(/C=C(\C#N)C(N)=O)n1. The van der Waals surface area contributed by atoms with Crippen LogP contribution in [0.25, 0.3) is 6.08 Å². The molecule has 0 atom stereocenters. The van der Waals surface area contributed by atoms with Crippen molar-refractivity contribution in [3.05, 3.63) is 23.4 Å². The number of rotatable bonds is 2. The number of amides is 1. The van der Waals surface area contributed by atoms with Gasteiger partial charge in [0, 0.05) is 6.08 Å². The summed E-state index contributed by atoms with van der Waals surface area (Å²) in [5, 5.41) is 8.48. The second kappa shape index (κ2) is 3.54. The number of hydrogen-bond donors (Lipinski definition) is 1. The van der Waals surface area contributed by atoms with E-state index in [9.17, 15) is 4.79 Å². The van der Waals surface area contributed by atoms with Crippen LogP contribution in [0.2, 0.25) is 0 Å². The summed E-state index contributed by atoms with van der Waals surface area (Å²) in [6.07, 6.45) is 2.62. The first-order valence-corrected chi connectivity index (χ1v) is 3.47. The van der Waals surface area contributed by atoms with Crippen LogP contribution in [0.4, 0.5) is 0 Å². The minimum Gasteiger partial charge on any atom is -0.445 e. The Bertz CT molecular complexity index is 398. The van der Waals surface area contributed by atoms with Crippen LogP contribution in [0.1, 0.15) is 11.6 Å². The highest BCUT2D eigenvalue weighted by molar-refractivity contribution is 6.00. The number of nitrogens with zero attached hydrogens (tertiary/aromatic N) is 2. The smallest absolute Gasteiger partial charge is 0.259 e. The van der Waals surface area contributed by atoms with E-state index in [2.05, 4.69) is 4.98 Å². The number of nitrogens with two attached hydrogens (primary N) is 1. The summed E-state index contributed by atoms with van der Waals surface area (Å²) < 4.78 is 4.90. The van der Waals surface area contributed by atoms with Gasteiger partial charge in [0.05, 0.1) is 5.69 Å². The number of primary amides is 1. The molecule has 0 aliphatic carbocycles. The third-order valence-corrected chi connectivity index (χ3v) is 1.29. The molecule has 5 heteroatoms. The molecule has 1 rings (SSSR count). The van der Waals surface area contributed by atoms with Gasteiger partial charge in [0.15, 0.2) is 0 Å². The van der Waals surface area contributed by atoms with Gasteiger partial charge in [-0.05, 0) is 6.92 Å². The number of hydrogen-bond acceptors (Lipinski definition) is 4. The van der Waals surface area contributed by atoms with Crippen molar-refractivity contribution >= 4 is 12.0 Å². The van der Waals surface area contributed by atoms with Gasteiger partial charge in [0.2, 0.25) is 5.89 Å². The molecule has 5 nitrogen and oxygen atoms in total. The Hall–Kier alpha value is -2.09. The third kappa shape index (κ3) is 2.17. The molecule has 1 aromatic rings. The van der Waals surface area contributed by atoms with Crippen LogP contribution in [0.3, 0.4) is 0 Å². The zero-order valence-electron chi connectivity index (χ0n) is 6.94. The Kier molecular flexibility index (Phi) is 2.45. The highest BCUT2D eigenvalue weighted by Crippen LogP contribution is 2.05. The van der Waals surface area contributed by atoms with Gasteiger partial charge in [-0.25, -0.2) is 4.98 Å². The predicted octanol–water partition coefficient (Wildman–Crippen LogP) is 0.375. The molecule has 0 aromatic carbocycles. The summed E-state index contributed by atoms with van der Waals surface area (Å²) in [4.78, 5) is 14.5. The molecular weight excluding hydrogens is 170 g/mol. The van der Waals surface area contributed by atoms with Crippen LogP contribution >= 0.6 is 0 Å². The van der Waals surface area contributed by atoms with Crippen LogP contribution in [0.15, 0.2) is 16.3 Å². The predicted molar refractivity (Wildman–Crippen MR) is 44.0 cm³/mol. The van der Waals surface area contributed by atoms with E-state index in [4.69, 9.17) is 15.4 Å². The zero-order chi connectivity index (χ0) is 9.84. The van der Waals surface area contributed by atoms with Crippen LogP contribution in [0, 0.1) is 18.3 Å². The topological polar surface area (TPSA) is 92.9 Å². The number of aromatic nitrogens is 1. The fourth-order valence-electron chi connectivity index (χ4n) is 0.720. The molecule has 0 saturated heterocycles. The van der Waals surface area contributed by atoms with E-state index in [1.807, 2.05) is 0 Å². The van der Waals surface area contributed by atoms with Gasteiger partial charge in [0.1, 0.15) is 17.9 Å². The standard InChI is InChI=1S/C8H7N3O2/c1-5-4-13-7(11-5)2-6(3-9)8(10)12/h2,4H,1H3,(H2,10,12)/b6-2+. The number of oxazole rings is 1. The van der Waals surface area contributed by atoms with Crippen molar-refractivity contribution < 1.29 is 9.21 Å². The van der Waals surface area contributed by atoms with Crippen LogP contribution in [0.5, 0.6) is 0 Å². The van der Waals surface area contributed by atoms with Crippen molar-refractivity contribution in [2.24, 2.45) is 5.73 Å². The minimum atomic E-state index is -0.793. The van der Waals surface area contributed by atoms with Crippen molar-refractivity contribution in [2.75, 3.05) is 0 Å². The van der Waals surface area contributed by atoms with E-state index in [1.165, 1.54) is 12.3 Å². The second-order valence-corrected chi connectivity index (χ2v) is 2.36. The molecule has 1 aromatic heterocycles. The first kappa shape index (κ1) is 9.00. The molecule has 2 N–H and O–H groups in total. The highest BCUT2D eigenvalue weighted by atomic mass is 16.3. The van der Waals surface area contributed by atoms with E-state index < -0.39 is 5.91 Å². The fourth-order valence-corrected chi connectivity index (χ4v) is 0.720. The van der Waals surface area contributed by atoms with Gasteiger partial charge < -0.3 is 10.2 Å². The summed E-state index contributed by atoms with van der Waals surface area (Å²) >= 11 is 0. The van der Waals surface area contributed by atoms with Gasteiger partial charge in [-0.1, -0.05) is 0 Å². The molecule has 1 heterocycles. The number of nitriles is 1. The fraction of sp³-hybridized carbons (Fsp3) is 0.125. The molecule has 1 amide bonds.